The fourth-order valence-corrected chi connectivity index (χ4v) is 7.17. The van der Waals surface area contributed by atoms with Crippen molar-refractivity contribution in [2.75, 3.05) is 42.7 Å². The molecule has 10 heteroatoms. The molecule has 0 radical (unpaired) electrons. The van der Waals surface area contributed by atoms with Crippen LogP contribution in [0.15, 0.2) is 70.5 Å². The number of benzene rings is 2. The minimum absolute atomic E-state index is 0.141. The van der Waals surface area contributed by atoms with E-state index in [-0.39, 0.29) is 10.5 Å². The van der Waals surface area contributed by atoms with Crippen LogP contribution in [0.4, 0.5) is 17.3 Å². The highest BCUT2D eigenvalue weighted by Gasteiger charge is 2.30. The van der Waals surface area contributed by atoms with Crippen LogP contribution in [0.3, 0.4) is 0 Å². The molecule has 1 atom stereocenters. The molecular weight excluding hydrogens is 536 g/mol. The van der Waals surface area contributed by atoms with E-state index < -0.39 is 9.84 Å². The summed E-state index contributed by atoms with van der Waals surface area (Å²) >= 11 is 0. The molecule has 1 unspecified atom stereocenters. The van der Waals surface area contributed by atoms with Crippen molar-refractivity contribution in [1.82, 2.24) is 19.4 Å². The lowest BCUT2D eigenvalue weighted by Crippen LogP contribution is -2.50. The number of nitrogens with one attached hydrogen (secondary N) is 1. The Hall–Kier alpha value is -3.76. The number of hydrogen-bond donors (Lipinski definition) is 1. The monoisotopic (exact) mass is 570 g/mol. The van der Waals surface area contributed by atoms with E-state index in [1.54, 1.807) is 41.1 Å². The Morgan fingerprint density at radius 3 is 2.56 bits per heavy atom. The molecule has 0 amide bonds. The second-order valence-corrected chi connectivity index (χ2v) is 13.6. The van der Waals surface area contributed by atoms with Crippen LogP contribution in [0.25, 0.3) is 22.2 Å². The largest absolute Gasteiger partial charge is 0.369 e. The first-order valence-electron chi connectivity index (χ1n) is 14.4. The number of sulfone groups is 1. The molecule has 0 bridgehead atoms. The molecule has 0 spiro atoms. The zero-order valence-electron chi connectivity index (χ0n) is 23.2. The van der Waals surface area contributed by atoms with Crippen molar-refractivity contribution in [1.29, 1.82) is 0 Å². The topological polar surface area (TPSA) is 100 Å². The summed E-state index contributed by atoms with van der Waals surface area (Å²) < 4.78 is 26.7. The summed E-state index contributed by atoms with van der Waals surface area (Å²) in [5.41, 5.74) is 3.16. The minimum atomic E-state index is -3.53. The SMILES string of the molecule is CS(=O)(=O)c1ccccc1-c1cc2cnc(Nc3ccc(N4CCN5CCCC5C4)cc3)nc2n(CC2CC2)c1=O. The molecule has 2 aliphatic heterocycles. The Balaban J connectivity index is 1.20. The number of hydrogen-bond acceptors (Lipinski definition) is 8. The van der Waals surface area contributed by atoms with E-state index in [9.17, 15) is 13.2 Å². The van der Waals surface area contributed by atoms with Gasteiger partial charge in [-0.25, -0.2) is 13.4 Å². The summed E-state index contributed by atoms with van der Waals surface area (Å²) in [4.78, 5) is 28.4. The third kappa shape index (κ3) is 5.22. The van der Waals surface area contributed by atoms with E-state index in [1.807, 2.05) is 12.1 Å². The zero-order chi connectivity index (χ0) is 28.1. The number of rotatable bonds is 7. The third-order valence-corrected chi connectivity index (χ3v) is 9.77. The van der Waals surface area contributed by atoms with Gasteiger partial charge in [-0.05, 0) is 74.5 Å². The second kappa shape index (κ2) is 10.3. The fourth-order valence-electron chi connectivity index (χ4n) is 6.26. The quantitative estimate of drug-likeness (QED) is 0.351. The number of anilines is 3. The molecule has 1 N–H and O–H groups in total. The summed E-state index contributed by atoms with van der Waals surface area (Å²) in [6, 6.07) is 17.4. The first-order valence-corrected chi connectivity index (χ1v) is 16.3. The van der Waals surface area contributed by atoms with Gasteiger partial charge in [0.15, 0.2) is 9.84 Å². The lowest BCUT2D eigenvalue weighted by atomic mass is 10.1. The molecule has 9 nitrogen and oxygen atoms in total. The van der Waals surface area contributed by atoms with Crippen LogP contribution in [0.5, 0.6) is 0 Å². The highest BCUT2D eigenvalue weighted by atomic mass is 32.2. The summed E-state index contributed by atoms with van der Waals surface area (Å²) in [5.74, 6) is 0.833. The first kappa shape index (κ1) is 26.2. The molecule has 212 valence electrons. The minimum Gasteiger partial charge on any atom is -0.369 e. The Kier molecular flexibility index (Phi) is 6.54. The van der Waals surface area contributed by atoms with E-state index in [2.05, 4.69) is 32.2 Å². The zero-order valence-corrected chi connectivity index (χ0v) is 24.0. The van der Waals surface area contributed by atoms with Crippen LogP contribution in [0.1, 0.15) is 25.7 Å². The average Bonchev–Trinajstić information content (AvgIpc) is 3.67. The van der Waals surface area contributed by atoms with Gasteiger partial charge in [-0.3, -0.25) is 14.3 Å². The predicted octanol–water partition coefficient (Wildman–Crippen LogP) is 4.30. The van der Waals surface area contributed by atoms with Crippen molar-refractivity contribution in [3.05, 3.63) is 71.1 Å². The Bertz CT molecular complexity index is 1780. The van der Waals surface area contributed by atoms with Crippen molar-refractivity contribution in [2.45, 2.75) is 43.2 Å². The molecule has 2 aromatic heterocycles. The maximum atomic E-state index is 13.8. The van der Waals surface area contributed by atoms with Gasteiger partial charge in [0.25, 0.3) is 5.56 Å². The molecule has 4 aromatic rings. The summed E-state index contributed by atoms with van der Waals surface area (Å²) in [7, 11) is -3.53. The normalized spacial score (nSPS) is 19.4. The summed E-state index contributed by atoms with van der Waals surface area (Å²) in [6.07, 6.45) is 7.59. The molecule has 3 aliphatic rings. The van der Waals surface area contributed by atoms with Gasteiger partial charge in [0.1, 0.15) is 5.65 Å². The standard InChI is InChI=1S/C31H34N6O3S/c1-41(39,40)28-7-3-2-6-26(28)27-17-22-18-32-31(34-29(22)37(30(27)38)19-21-8-9-21)33-23-10-12-24(13-11-23)36-16-15-35-14-4-5-25(35)20-36/h2-3,6-7,10-13,17-18,21,25H,4-5,8-9,14-16,19-20H2,1H3,(H,32,33,34). The number of aromatic nitrogens is 3. The van der Waals surface area contributed by atoms with Crippen molar-refractivity contribution < 1.29 is 8.42 Å². The van der Waals surface area contributed by atoms with Crippen LogP contribution in [0.2, 0.25) is 0 Å². The molecular formula is C31H34N6O3S. The van der Waals surface area contributed by atoms with Crippen molar-refractivity contribution >= 4 is 38.2 Å². The fraction of sp³-hybridized carbons (Fsp3) is 0.387. The molecule has 1 saturated carbocycles. The van der Waals surface area contributed by atoms with Crippen LogP contribution in [-0.2, 0) is 16.4 Å². The van der Waals surface area contributed by atoms with Crippen LogP contribution < -0.4 is 15.8 Å². The number of nitrogens with zero attached hydrogens (tertiary/aromatic N) is 5. The van der Waals surface area contributed by atoms with Gasteiger partial charge in [0.2, 0.25) is 5.95 Å². The van der Waals surface area contributed by atoms with Crippen LogP contribution in [-0.4, -0.2) is 66.3 Å². The van der Waals surface area contributed by atoms with Gasteiger partial charge in [-0.15, -0.1) is 0 Å². The maximum absolute atomic E-state index is 13.8. The highest BCUT2D eigenvalue weighted by Crippen LogP contribution is 2.33. The second-order valence-electron chi connectivity index (χ2n) is 11.6. The molecule has 3 fully saturated rings. The molecule has 2 saturated heterocycles. The van der Waals surface area contributed by atoms with Crippen molar-refractivity contribution in [3.63, 3.8) is 0 Å². The third-order valence-electron chi connectivity index (χ3n) is 8.62. The lowest BCUT2D eigenvalue weighted by Gasteiger charge is -2.38. The van der Waals surface area contributed by atoms with Gasteiger partial charge < -0.3 is 10.2 Å². The van der Waals surface area contributed by atoms with E-state index in [0.717, 1.165) is 38.2 Å². The van der Waals surface area contributed by atoms with Gasteiger partial charge in [0.05, 0.1) is 4.90 Å². The van der Waals surface area contributed by atoms with Crippen molar-refractivity contribution in [2.24, 2.45) is 5.92 Å². The van der Waals surface area contributed by atoms with E-state index in [4.69, 9.17) is 4.98 Å². The molecule has 2 aromatic carbocycles. The molecule has 1 aliphatic carbocycles. The van der Waals surface area contributed by atoms with E-state index >= 15 is 0 Å². The highest BCUT2D eigenvalue weighted by molar-refractivity contribution is 7.90. The Morgan fingerprint density at radius 1 is 0.976 bits per heavy atom. The lowest BCUT2D eigenvalue weighted by molar-refractivity contribution is 0.231. The maximum Gasteiger partial charge on any atom is 0.260 e. The van der Waals surface area contributed by atoms with E-state index in [1.165, 1.54) is 31.3 Å². The average molecular weight is 571 g/mol. The van der Waals surface area contributed by atoms with Gasteiger partial charge in [-0.2, -0.15) is 4.98 Å². The van der Waals surface area contributed by atoms with Gasteiger partial charge >= 0.3 is 0 Å². The molecule has 41 heavy (non-hydrogen) atoms. The number of pyridine rings is 1. The smallest absolute Gasteiger partial charge is 0.260 e. The Morgan fingerprint density at radius 2 is 1.78 bits per heavy atom. The number of piperazine rings is 1. The predicted molar refractivity (Wildman–Crippen MR) is 162 cm³/mol. The van der Waals surface area contributed by atoms with E-state index in [0.29, 0.717) is 46.6 Å². The van der Waals surface area contributed by atoms with Crippen LogP contribution in [0, 0.1) is 5.92 Å². The molecule has 7 rings (SSSR count). The number of fused-ring (bicyclic) bond motifs is 2. The van der Waals surface area contributed by atoms with Gasteiger partial charge in [-0.1, -0.05) is 18.2 Å². The molecule has 4 heterocycles. The van der Waals surface area contributed by atoms with Crippen molar-refractivity contribution in [3.8, 4) is 11.1 Å². The Labute approximate surface area is 239 Å². The van der Waals surface area contributed by atoms with Crippen LogP contribution >= 0.6 is 0 Å². The van der Waals surface area contributed by atoms with Gasteiger partial charge in [0, 0.05) is 72.6 Å². The summed E-state index contributed by atoms with van der Waals surface area (Å²) in [6.45, 7) is 5.03. The summed E-state index contributed by atoms with van der Waals surface area (Å²) in [5, 5.41) is 4.00. The first-order chi connectivity index (χ1) is 19.8.